The Morgan fingerprint density at radius 3 is 2.53 bits per heavy atom. The molecule has 0 fully saturated rings. The highest BCUT2D eigenvalue weighted by Crippen LogP contribution is 2.23. The van der Waals surface area contributed by atoms with Gasteiger partial charge >= 0.3 is 5.97 Å². The van der Waals surface area contributed by atoms with Gasteiger partial charge in [-0.2, -0.15) is 0 Å². The van der Waals surface area contributed by atoms with E-state index < -0.39 is 15.8 Å². The Kier molecular flexibility index (Phi) is 4.77. The number of hydrogen-bond acceptors (Lipinski definition) is 5. The van der Waals surface area contributed by atoms with Gasteiger partial charge in [-0.15, -0.1) is 0 Å². The highest BCUT2D eigenvalue weighted by Gasteiger charge is 2.10. The first-order valence-corrected chi connectivity index (χ1v) is 7.78. The molecule has 0 unspecified atom stereocenters. The van der Waals surface area contributed by atoms with Crippen LogP contribution < -0.4 is 10.6 Å². The van der Waals surface area contributed by atoms with Crippen molar-refractivity contribution in [2.45, 2.75) is 6.42 Å². The molecule has 0 saturated carbocycles. The van der Waals surface area contributed by atoms with E-state index in [1.54, 1.807) is 13.1 Å². The zero-order valence-corrected chi connectivity index (χ0v) is 11.8. The maximum atomic E-state index is 11.0. The molecule has 1 rings (SSSR count). The molecule has 106 valence electrons. The van der Waals surface area contributed by atoms with E-state index in [0.29, 0.717) is 24.3 Å². The second-order valence-electron chi connectivity index (χ2n) is 4.48. The highest BCUT2D eigenvalue weighted by atomic mass is 32.2. The molecule has 1 aromatic carbocycles. The smallest absolute Gasteiger partial charge is 0.335 e. The number of aromatic carboxylic acids is 1. The summed E-state index contributed by atoms with van der Waals surface area (Å²) in [7, 11) is -1.18. The Morgan fingerprint density at radius 1 is 1.42 bits per heavy atom. The molecule has 1 aromatic rings. The van der Waals surface area contributed by atoms with E-state index in [1.807, 2.05) is 4.90 Å². The van der Waals surface area contributed by atoms with E-state index in [1.165, 1.54) is 18.4 Å². The lowest BCUT2D eigenvalue weighted by Crippen LogP contribution is -2.22. The van der Waals surface area contributed by atoms with Crippen LogP contribution >= 0.6 is 0 Å². The molecule has 0 aliphatic rings. The average molecular weight is 286 g/mol. The number of carboxylic acids is 1. The van der Waals surface area contributed by atoms with Crippen LogP contribution in [0.4, 0.5) is 11.4 Å². The predicted molar refractivity (Wildman–Crippen MR) is 75.4 cm³/mol. The van der Waals surface area contributed by atoms with Gasteiger partial charge in [0.25, 0.3) is 0 Å². The molecule has 0 aromatic heterocycles. The molecule has 0 heterocycles. The topological polar surface area (TPSA) is 101 Å². The van der Waals surface area contributed by atoms with Crippen LogP contribution in [-0.4, -0.2) is 45.1 Å². The van der Waals surface area contributed by atoms with E-state index in [-0.39, 0.29) is 11.3 Å². The Hall–Kier alpha value is -1.76. The second-order valence-corrected chi connectivity index (χ2v) is 6.74. The monoisotopic (exact) mass is 286 g/mol. The third-order valence-electron chi connectivity index (χ3n) is 2.69. The summed E-state index contributed by atoms with van der Waals surface area (Å²) in [5, 5.41) is 8.83. The predicted octanol–water partition coefficient (Wildman–Crippen LogP) is 0.838. The van der Waals surface area contributed by atoms with Gasteiger partial charge in [-0.3, -0.25) is 0 Å². The lowest BCUT2D eigenvalue weighted by molar-refractivity contribution is 0.0697. The van der Waals surface area contributed by atoms with Crippen molar-refractivity contribution in [2.75, 3.05) is 36.2 Å². The number of hydrogen-bond donors (Lipinski definition) is 2. The van der Waals surface area contributed by atoms with E-state index in [2.05, 4.69) is 0 Å². The van der Waals surface area contributed by atoms with Gasteiger partial charge < -0.3 is 15.7 Å². The standard InChI is InChI=1S/C12H18N2O4S/c1-14(6-3-7-19(2,17)18)11-5-4-9(12(15)16)8-10(11)13/h4-5,8H,3,6-7,13H2,1-2H3,(H,15,16). The van der Waals surface area contributed by atoms with Crippen LogP contribution in [0.1, 0.15) is 16.8 Å². The fourth-order valence-corrected chi connectivity index (χ4v) is 2.37. The van der Waals surface area contributed by atoms with Gasteiger partial charge in [-0.05, 0) is 24.6 Å². The zero-order valence-electron chi connectivity index (χ0n) is 11.0. The number of carbonyl (C=O) groups is 1. The second kappa shape index (κ2) is 5.92. The molecule has 0 amide bonds. The summed E-state index contributed by atoms with van der Waals surface area (Å²) in [6, 6.07) is 4.49. The summed E-state index contributed by atoms with van der Waals surface area (Å²) >= 11 is 0. The van der Waals surface area contributed by atoms with E-state index in [0.717, 1.165) is 0 Å². The van der Waals surface area contributed by atoms with Crippen LogP contribution in [0.5, 0.6) is 0 Å². The van der Waals surface area contributed by atoms with Gasteiger partial charge in [0.2, 0.25) is 0 Å². The minimum atomic E-state index is -2.97. The molecule has 7 heteroatoms. The molecule has 0 atom stereocenters. The van der Waals surface area contributed by atoms with Crippen LogP contribution in [-0.2, 0) is 9.84 Å². The Balaban J connectivity index is 2.72. The van der Waals surface area contributed by atoms with E-state index in [9.17, 15) is 13.2 Å². The largest absolute Gasteiger partial charge is 0.478 e. The molecule has 0 bridgehead atoms. The van der Waals surface area contributed by atoms with Crippen LogP contribution in [0.15, 0.2) is 18.2 Å². The quantitative estimate of drug-likeness (QED) is 0.751. The molecule has 0 saturated heterocycles. The van der Waals surface area contributed by atoms with Gasteiger partial charge in [0.05, 0.1) is 22.7 Å². The van der Waals surface area contributed by atoms with Crippen LogP contribution in [0.2, 0.25) is 0 Å². The maximum absolute atomic E-state index is 11.0. The third kappa shape index (κ3) is 4.78. The van der Waals surface area contributed by atoms with Gasteiger partial charge in [-0.25, -0.2) is 13.2 Å². The van der Waals surface area contributed by atoms with Crippen LogP contribution in [0.25, 0.3) is 0 Å². The highest BCUT2D eigenvalue weighted by molar-refractivity contribution is 7.90. The molecular formula is C12H18N2O4S. The summed E-state index contributed by atoms with van der Waals surface area (Å²) in [6.45, 7) is 0.531. The van der Waals surface area contributed by atoms with Crippen molar-refractivity contribution in [1.29, 1.82) is 0 Å². The summed E-state index contributed by atoms with van der Waals surface area (Å²) < 4.78 is 22.1. The van der Waals surface area contributed by atoms with Crippen molar-refractivity contribution in [3.05, 3.63) is 23.8 Å². The van der Waals surface area contributed by atoms with Crippen molar-refractivity contribution < 1.29 is 18.3 Å². The number of nitrogens with zero attached hydrogens (tertiary/aromatic N) is 1. The van der Waals surface area contributed by atoms with Crippen molar-refractivity contribution in [3.8, 4) is 0 Å². The Bertz CT molecular complexity index is 569. The molecule has 3 N–H and O–H groups in total. The van der Waals surface area contributed by atoms with Crippen molar-refractivity contribution >= 4 is 27.2 Å². The van der Waals surface area contributed by atoms with Gasteiger partial charge in [-0.1, -0.05) is 0 Å². The minimum absolute atomic E-state index is 0.116. The molecule has 0 aliphatic carbocycles. The van der Waals surface area contributed by atoms with Crippen molar-refractivity contribution in [2.24, 2.45) is 0 Å². The summed E-state index contributed by atoms with van der Waals surface area (Å²) in [5.41, 5.74) is 6.98. The Labute approximate surface area is 112 Å². The number of nitrogen functional groups attached to an aromatic ring is 1. The number of nitrogens with two attached hydrogens (primary N) is 1. The first-order chi connectivity index (χ1) is 8.70. The lowest BCUT2D eigenvalue weighted by atomic mass is 10.1. The number of sulfone groups is 1. The van der Waals surface area contributed by atoms with Gasteiger partial charge in [0, 0.05) is 19.8 Å². The molecular weight excluding hydrogens is 268 g/mol. The summed E-state index contributed by atoms with van der Waals surface area (Å²) in [5.74, 6) is -0.914. The SMILES string of the molecule is CN(CCCS(C)(=O)=O)c1ccc(C(=O)O)cc1N. The van der Waals surface area contributed by atoms with Crippen LogP contribution in [0.3, 0.4) is 0 Å². The Morgan fingerprint density at radius 2 is 2.05 bits per heavy atom. The normalized spacial score (nSPS) is 11.3. The van der Waals surface area contributed by atoms with Crippen molar-refractivity contribution in [3.63, 3.8) is 0 Å². The number of carboxylic acid groups (broad SMARTS) is 1. The molecule has 6 nitrogen and oxygen atoms in total. The molecule has 0 aliphatic heterocycles. The maximum Gasteiger partial charge on any atom is 0.335 e. The number of rotatable bonds is 6. The number of anilines is 2. The molecule has 0 radical (unpaired) electrons. The fraction of sp³-hybridized carbons (Fsp3) is 0.417. The van der Waals surface area contributed by atoms with Gasteiger partial charge in [0.1, 0.15) is 9.84 Å². The minimum Gasteiger partial charge on any atom is -0.478 e. The van der Waals surface area contributed by atoms with Crippen molar-refractivity contribution in [1.82, 2.24) is 0 Å². The average Bonchev–Trinajstić information content (AvgIpc) is 2.26. The van der Waals surface area contributed by atoms with E-state index >= 15 is 0 Å². The lowest BCUT2D eigenvalue weighted by Gasteiger charge is -2.21. The van der Waals surface area contributed by atoms with Crippen LogP contribution in [0, 0.1) is 0 Å². The van der Waals surface area contributed by atoms with E-state index in [4.69, 9.17) is 10.8 Å². The fourth-order valence-electron chi connectivity index (χ4n) is 1.72. The first kappa shape index (κ1) is 15.3. The molecule has 19 heavy (non-hydrogen) atoms. The zero-order chi connectivity index (χ0) is 14.6. The first-order valence-electron chi connectivity index (χ1n) is 5.72. The third-order valence-corrected chi connectivity index (χ3v) is 3.72. The summed E-state index contributed by atoms with van der Waals surface area (Å²) in [4.78, 5) is 12.6. The molecule has 0 spiro atoms. The summed E-state index contributed by atoms with van der Waals surface area (Å²) in [6.07, 6.45) is 1.69. The van der Waals surface area contributed by atoms with Gasteiger partial charge in [0.15, 0.2) is 0 Å². The number of benzene rings is 1.